The van der Waals surface area contributed by atoms with Gasteiger partial charge < -0.3 is 14.6 Å². The Kier molecular flexibility index (Phi) is 3.16. The lowest BCUT2D eigenvalue weighted by Crippen LogP contribution is -2.37. The van der Waals surface area contributed by atoms with E-state index in [1.54, 1.807) is 0 Å². The number of nitrogens with one attached hydrogen (secondary N) is 1. The van der Waals surface area contributed by atoms with E-state index in [1.807, 2.05) is 12.5 Å². The molecule has 0 amide bonds. The van der Waals surface area contributed by atoms with Crippen LogP contribution in [0.5, 0.6) is 0 Å². The van der Waals surface area contributed by atoms with Gasteiger partial charge in [-0.15, -0.1) is 0 Å². The molecule has 3 rings (SSSR count). The summed E-state index contributed by atoms with van der Waals surface area (Å²) in [5.74, 6) is 0. The van der Waals surface area contributed by atoms with Gasteiger partial charge in [0.15, 0.2) is 0 Å². The van der Waals surface area contributed by atoms with E-state index in [2.05, 4.69) is 21.8 Å². The van der Waals surface area contributed by atoms with Gasteiger partial charge in [0.25, 0.3) is 0 Å². The Bertz CT molecular complexity index is 376. The second-order valence-electron chi connectivity index (χ2n) is 5.18. The molecule has 0 saturated carbocycles. The molecule has 0 aliphatic carbocycles. The summed E-state index contributed by atoms with van der Waals surface area (Å²) in [7, 11) is 0. The first-order valence-electron chi connectivity index (χ1n) is 6.74. The van der Waals surface area contributed by atoms with E-state index in [0.29, 0.717) is 18.2 Å². The zero-order chi connectivity index (χ0) is 11.7. The molecule has 3 heterocycles. The van der Waals surface area contributed by atoms with Crippen LogP contribution in [0.15, 0.2) is 12.5 Å². The zero-order valence-electron chi connectivity index (χ0n) is 10.4. The quantitative estimate of drug-likeness (QED) is 0.844. The highest BCUT2D eigenvalue weighted by Crippen LogP contribution is 2.34. The maximum absolute atomic E-state index is 5.85. The number of hydrogen-bond donors (Lipinski definition) is 1. The maximum atomic E-state index is 5.85. The van der Waals surface area contributed by atoms with Crippen LogP contribution in [0.2, 0.25) is 0 Å². The number of rotatable bonds is 5. The van der Waals surface area contributed by atoms with Crippen LogP contribution >= 0.6 is 0 Å². The van der Waals surface area contributed by atoms with Crippen molar-refractivity contribution in [1.29, 1.82) is 0 Å². The Morgan fingerprint density at radius 2 is 2.47 bits per heavy atom. The molecule has 2 aliphatic heterocycles. The van der Waals surface area contributed by atoms with Crippen LogP contribution in [-0.4, -0.2) is 27.8 Å². The number of aryl methyl sites for hydroxylation is 1. The molecule has 1 N–H and O–H groups in total. The minimum absolute atomic E-state index is 0.461. The van der Waals surface area contributed by atoms with Crippen molar-refractivity contribution >= 4 is 0 Å². The molecule has 1 aromatic rings. The van der Waals surface area contributed by atoms with E-state index < -0.39 is 0 Å². The van der Waals surface area contributed by atoms with Crippen LogP contribution in [0.1, 0.15) is 38.3 Å². The van der Waals surface area contributed by atoms with Crippen molar-refractivity contribution in [1.82, 2.24) is 14.9 Å². The highest BCUT2D eigenvalue weighted by atomic mass is 16.5. The number of ether oxygens (including phenoxy) is 1. The summed E-state index contributed by atoms with van der Waals surface area (Å²) in [6.45, 7) is 4.17. The summed E-state index contributed by atoms with van der Waals surface area (Å²) in [6, 6.07) is 0.554. The van der Waals surface area contributed by atoms with Crippen molar-refractivity contribution in [3.8, 4) is 0 Å². The van der Waals surface area contributed by atoms with Gasteiger partial charge in [0.05, 0.1) is 24.2 Å². The smallest absolute Gasteiger partial charge is 0.0948 e. The summed E-state index contributed by atoms with van der Waals surface area (Å²) >= 11 is 0. The molecule has 2 bridgehead atoms. The molecule has 2 aliphatic rings. The van der Waals surface area contributed by atoms with Gasteiger partial charge in [-0.1, -0.05) is 6.92 Å². The van der Waals surface area contributed by atoms with Crippen molar-refractivity contribution in [2.24, 2.45) is 0 Å². The van der Waals surface area contributed by atoms with Gasteiger partial charge in [-0.05, 0) is 25.7 Å². The van der Waals surface area contributed by atoms with Gasteiger partial charge in [0, 0.05) is 25.3 Å². The third kappa shape index (κ3) is 2.24. The molecule has 2 fully saturated rings. The molecular weight excluding hydrogens is 214 g/mol. The zero-order valence-corrected chi connectivity index (χ0v) is 10.4. The molecule has 17 heavy (non-hydrogen) atoms. The van der Waals surface area contributed by atoms with Gasteiger partial charge in [-0.25, -0.2) is 4.98 Å². The van der Waals surface area contributed by atoms with Gasteiger partial charge in [0.2, 0.25) is 0 Å². The van der Waals surface area contributed by atoms with Crippen molar-refractivity contribution in [3.05, 3.63) is 18.2 Å². The summed E-state index contributed by atoms with van der Waals surface area (Å²) in [6.07, 6.45) is 9.72. The Morgan fingerprint density at radius 1 is 1.53 bits per heavy atom. The summed E-state index contributed by atoms with van der Waals surface area (Å²) in [5, 5.41) is 3.63. The number of fused-ring (bicyclic) bond motifs is 2. The van der Waals surface area contributed by atoms with E-state index in [1.165, 1.54) is 25.0 Å². The number of aromatic nitrogens is 2. The Morgan fingerprint density at radius 3 is 3.18 bits per heavy atom. The van der Waals surface area contributed by atoms with Crippen LogP contribution in [-0.2, 0) is 17.8 Å². The monoisotopic (exact) mass is 235 g/mol. The van der Waals surface area contributed by atoms with Crippen LogP contribution in [0, 0.1) is 0 Å². The van der Waals surface area contributed by atoms with Gasteiger partial charge in [0.1, 0.15) is 0 Å². The van der Waals surface area contributed by atoms with Crippen molar-refractivity contribution in [2.75, 3.05) is 0 Å². The SMILES string of the molecule is CCCn1cncc1CNC1CC2CCC1O2. The van der Waals surface area contributed by atoms with Crippen molar-refractivity contribution in [2.45, 2.75) is 63.9 Å². The minimum Gasteiger partial charge on any atom is -0.373 e. The average Bonchev–Trinajstić information content (AvgIpc) is 3.02. The molecular formula is C13H21N3O. The predicted octanol–water partition coefficient (Wildman–Crippen LogP) is 1.70. The molecule has 4 heteroatoms. The average molecular weight is 235 g/mol. The number of imidazole rings is 1. The first-order valence-corrected chi connectivity index (χ1v) is 6.74. The first-order chi connectivity index (χ1) is 8.36. The minimum atomic E-state index is 0.461. The fourth-order valence-corrected chi connectivity index (χ4v) is 3.03. The second kappa shape index (κ2) is 4.78. The maximum Gasteiger partial charge on any atom is 0.0948 e. The number of nitrogens with zero attached hydrogens (tertiary/aromatic N) is 2. The molecule has 3 unspecified atom stereocenters. The largest absolute Gasteiger partial charge is 0.373 e. The fraction of sp³-hybridized carbons (Fsp3) is 0.769. The molecule has 3 atom stereocenters. The normalized spacial score (nSPS) is 31.2. The van der Waals surface area contributed by atoms with Gasteiger partial charge in [-0.2, -0.15) is 0 Å². The highest BCUT2D eigenvalue weighted by molar-refractivity contribution is 5.00. The Hall–Kier alpha value is -0.870. The third-order valence-corrected chi connectivity index (χ3v) is 3.91. The van der Waals surface area contributed by atoms with Crippen LogP contribution in [0.3, 0.4) is 0 Å². The van der Waals surface area contributed by atoms with Crippen molar-refractivity contribution < 1.29 is 4.74 Å². The molecule has 0 radical (unpaired) electrons. The topological polar surface area (TPSA) is 39.1 Å². The highest BCUT2D eigenvalue weighted by Gasteiger charge is 2.40. The Labute approximate surface area is 102 Å². The standard InChI is InChI=1S/C13H21N3O/c1-2-5-16-9-14-7-10(16)8-15-12-6-11-3-4-13(12)17-11/h7,9,11-13,15H,2-6,8H2,1H3. The lowest BCUT2D eigenvalue weighted by atomic mass is 9.95. The van der Waals surface area contributed by atoms with E-state index in [9.17, 15) is 0 Å². The van der Waals surface area contributed by atoms with Crippen LogP contribution in [0.4, 0.5) is 0 Å². The van der Waals surface area contributed by atoms with Gasteiger partial charge >= 0.3 is 0 Å². The second-order valence-corrected chi connectivity index (χ2v) is 5.18. The van der Waals surface area contributed by atoms with Gasteiger partial charge in [-0.3, -0.25) is 0 Å². The third-order valence-electron chi connectivity index (χ3n) is 3.91. The molecule has 0 aromatic carbocycles. The van der Waals surface area contributed by atoms with E-state index in [4.69, 9.17) is 4.74 Å². The van der Waals surface area contributed by atoms with E-state index in [-0.39, 0.29) is 0 Å². The lowest BCUT2D eigenvalue weighted by molar-refractivity contribution is 0.0972. The summed E-state index contributed by atoms with van der Waals surface area (Å²) < 4.78 is 8.08. The molecule has 4 nitrogen and oxygen atoms in total. The molecule has 2 saturated heterocycles. The number of hydrogen-bond acceptors (Lipinski definition) is 3. The Balaban J connectivity index is 1.55. The van der Waals surface area contributed by atoms with Crippen LogP contribution in [0.25, 0.3) is 0 Å². The first kappa shape index (κ1) is 11.2. The molecule has 0 spiro atoms. The molecule has 1 aromatic heterocycles. The predicted molar refractivity (Wildman–Crippen MR) is 65.7 cm³/mol. The summed E-state index contributed by atoms with van der Waals surface area (Å²) in [4.78, 5) is 4.23. The lowest BCUT2D eigenvalue weighted by Gasteiger charge is -2.20. The fourth-order valence-electron chi connectivity index (χ4n) is 3.03. The van der Waals surface area contributed by atoms with E-state index in [0.717, 1.165) is 19.5 Å². The van der Waals surface area contributed by atoms with Crippen molar-refractivity contribution in [3.63, 3.8) is 0 Å². The van der Waals surface area contributed by atoms with Crippen LogP contribution < -0.4 is 5.32 Å². The molecule has 94 valence electrons. The van der Waals surface area contributed by atoms with E-state index >= 15 is 0 Å². The summed E-state index contributed by atoms with van der Waals surface area (Å²) in [5.41, 5.74) is 1.29.